The SMILES string of the molecule is COC(=O)C[C@@H](N)c1ccc(F)c(Br)c1O. The van der Waals surface area contributed by atoms with Crippen molar-refractivity contribution in [1.29, 1.82) is 0 Å². The summed E-state index contributed by atoms with van der Waals surface area (Å²) in [4.78, 5) is 11.0. The van der Waals surface area contributed by atoms with Crippen LogP contribution in [-0.2, 0) is 9.53 Å². The Morgan fingerprint density at radius 1 is 1.69 bits per heavy atom. The summed E-state index contributed by atoms with van der Waals surface area (Å²) >= 11 is 2.88. The van der Waals surface area contributed by atoms with Crippen molar-refractivity contribution < 1.29 is 19.0 Å². The van der Waals surface area contributed by atoms with Gasteiger partial charge in [0.15, 0.2) is 0 Å². The molecule has 0 heterocycles. The highest BCUT2D eigenvalue weighted by atomic mass is 79.9. The minimum Gasteiger partial charge on any atom is -0.506 e. The third-order valence-electron chi connectivity index (χ3n) is 2.11. The number of benzene rings is 1. The molecule has 0 saturated heterocycles. The minimum absolute atomic E-state index is 0.0645. The number of hydrogen-bond donors (Lipinski definition) is 2. The van der Waals surface area contributed by atoms with Crippen LogP contribution in [0.5, 0.6) is 5.75 Å². The maximum Gasteiger partial charge on any atom is 0.307 e. The Hall–Kier alpha value is -1.14. The first-order chi connectivity index (χ1) is 7.47. The lowest BCUT2D eigenvalue weighted by Crippen LogP contribution is -2.16. The van der Waals surface area contributed by atoms with Crippen molar-refractivity contribution in [2.75, 3.05) is 7.11 Å². The van der Waals surface area contributed by atoms with Crippen LogP contribution in [0.4, 0.5) is 4.39 Å². The number of carbonyl (C=O) groups is 1. The van der Waals surface area contributed by atoms with Crippen molar-refractivity contribution in [3.63, 3.8) is 0 Å². The average molecular weight is 292 g/mol. The number of halogens is 2. The molecule has 0 amide bonds. The summed E-state index contributed by atoms with van der Waals surface area (Å²) in [6.07, 6.45) is -0.0812. The second-order valence-corrected chi connectivity index (χ2v) is 3.98. The Morgan fingerprint density at radius 3 is 2.88 bits per heavy atom. The van der Waals surface area contributed by atoms with Gasteiger partial charge >= 0.3 is 5.97 Å². The number of phenols is 1. The van der Waals surface area contributed by atoms with Gasteiger partial charge in [-0.15, -0.1) is 0 Å². The zero-order valence-electron chi connectivity index (χ0n) is 8.54. The normalized spacial score (nSPS) is 12.2. The number of phenolic OH excluding ortho intramolecular Hbond substituents is 1. The predicted molar refractivity (Wildman–Crippen MR) is 59.3 cm³/mol. The zero-order valence-corrected chi connectivity index (χ0v) is 10.1. The van der Waals surface area contributed by atoms with Crippen LogP contribution < -0.4 is 5.73 Å². The quantitative estimate of drug-likeness (QED) is 0.834. The van der Waals surface area contributed by atoms with E-state index in [2.05, 4.69) is 20.7 Å². The number of rotatable bonds is 3. The summed E-state index contributed by atoms with van der Waals surface area (Å²) in [6, 6.07) is 1.77. The van der Waals surface area contributed by atoms with Gasteiger partial charge in [0.05, 0.1) is 18.0 Å². The third-order valence-corrected chi connectivity index (χ3v) is 2.87. The van der Waals surface area contributed by atoms with E-state index in [9.17, 15) is 14.3 Å². The molecule has 0 fully saturated rings. The first-order valence-corrected chi connectivity index (χ1v) is 5.26. The molecule has 1 atom stereocenters. The lowest BCUT2D eigenvalue weighted by Gasteiger charge is -2.13. The Morgan fingerprint density at radius 2 is 2.31 bits per heavy atom. The fraction of sp³-hybridized carbons (Fsp3) is 0.300. The molecule has 0 bridgehead atoms. The monoisotopic (exact) mass is 291 g/mol. The van der Waals surface area contributed by atoms with Gasteiger partial charge < -0.3 is 15.6 Å². The highest BCUT2D eigenvalue weighted by Gasteiger charge is 2.18. The lowest BCUT2D eigenvalue weighted by atomic mass is 10.0. The van der Waals surface area contributed by atoms with Crippen LogP contribution in [-0.4, -0.2) is 18.2 Å². The molecule has 0 aliphatic carbocycles. The fourth-order valence-corrected chi connectivity index (χ4v) is 1.59. The summed E-state index contributed by atoms with van der Waals surface area (Å²) in [5.41, 5.74) is 5.98. The molecule has 0 aromatic heterocycles. The van der Waals surface area contributed by atoms with Gasteiger partial charge in [0.1, 0.15) is 11.6 Å². The summed E-state index contributed by atoms with van der Waals surface area (Å²) in [6.45, 7) is 0. The maximum absolute atomic E-state index is 13.0. The van der Waals surface area contributed by atoms with Crippen molar-refractivity contribution in [3.05, 3.63) is 28.0 Å². The first kappa shape index (κ1) is 12.9. The van der Waals surface area contributed by atoms with Crippen molar-refractivity contribution in [2.24, 2.45) is 5.73 Å². The van der Waals surface area contributed by atoms with E-state index in [4.69, 9.17) is 5.73 Å². The minimum atomic E-state index is -0.732. The third kappa shape index (κ3) is 2.70. The van der Waals surface area contributed by atoms with Gasteiger partial charge in [0, 0.05) is 11.6 Å². The molecule has 1 aromatic carbocycles. The number of carbonyl (C=O) groups excluding carboxylic acids is 1. The Bertz CT molecular complexity index is 411. The van der Waals surface area contributed by atoms with Crippen LogP contribution in [0.3, 0.4) is 0 Å². The number of aromatic hydroxyl groups is 1. The molecule has 3 N–H and O–H groups in total. The summed E-state index contributed by atoms with van der Waals surface area (Å²) in [5, 5.41) is 9.62. The molecule has 0 aliphatic rings. The van der Waals surface area contributed by atoms with Gasteiger partial charge in [0.25, 0.3) is 0 Å². The van der Waals surface area contributed by atoms with Crippen molar-refractivity contribution in [1.82, 2.24) is 0 Å². The van der Waals surface area contributed by atoms with Gasteiger partial charge in [-0.1, -0.05) is 6.07 Å². The molecule has 6 heteroatoms. The first-order valence-electron chi connectivity index (χ1n) is 4.46. The topological polar surface area (TPSA) is 72.5 Å². The molecule has 0 spiro atoms. The molecule has 0 radical (unpaired) electrons. The second-order valence-electron chi connectivity index (χ2n) is 3.19. The van der Waals surface area contributed by atoms with Gasteiger partial charge in [-0.05, 0) is 22.0 Å². The standard InChI is InChI=1S/C10H11BrFNO3/c1-16-8(14)4-7(13)5-2-3-6(12)9(11)10(5)15/h2-3,7,15H,4,13H2,1H3/t7-/m1/s1. The molecular weight excluding hydrogens is 281 g/mol. The lowest BCUT2D eigenvalue weighted by molar-refractivity contribution is -0.141. The number of ether oxygens (including phenoxy) is 1. The van der Waals surface area contributed by atoms with Gasteiger partial charge in [0.2, 0.25) is 0 Å². The van der Waals surface area contributed by atoms with Crippen LogP contribution in [0, 0.1) is 5.82 Å². The van der Waals surface area contributed by atoms with Crippen molar-refractivity contribution in [2.45, 2.75) is 12.5 Å². The second kappa shape index (κ2) is 5.27. The molecule has 0 unspecified atom stereocenters. The summed E-state index contributed by atoms with van der Waals surface area (Å²) < 4.78 is 17.4. The van der Waals surface area contributed by atoms with E-state index in [1.54, 1.807) is 0 Å². The number of nitrogens with two attached hydrogens (primary N) is 1. The Balaban J connectivity index is 2.96. The highest BCUT2D eigenvalue weighted by molar-refractivity contribution is 9.10. The van der Waals surface area contributed by atoms with E-state index in [0.717, 1.165) is 6.07 Å². The van der Waals surface area contributed by atoms with Crippen LogP contribution in [0.2, 0.25) is 0 Å². The van der Waals surface area contributed by atoms with E-state index >= 15 is 0 Å². The molecule has 16 heavy (non-hydrogen) atoms. The van der Waals surface area contributed by atoms with E-state index < -0.39 is 17.8 Å². The van der Waals surface area contributed by atoms with Crippen molar-refractivity contribution in [3.8, 4) is 5.75 Å². The Kier molecular flexibility index (Phi) is 4.26. The summed E-state index contributed by atoms with van der Waals surface area (Å²) in [5.74, 6) is -1.38. The summed E-state index contributed by atoms with van der Waals surface area (Å²) in [7, 11) is 1.25. The number of methoxy groups -OCH3 is 1. The van der Waals surface area contributed by atoms with Gasteiger partial charge in [-0.2, -0.15) is 0 Å². The number of hydrogen-bond acceptors (Lipinski definition) is 4. The van der Waals surface area contributed by atoms with E-state index in [0.29, 0.717) is 5.56 Å². The van der Waals surface area contributed by atoms with E-state index in [1.165, 1.54) is 13.2 Å². The van der Waals surface area contributed by atoms with Gasteiger partial charge in [-0.25, -0.2) is 4.39 Å². The smallest absolute Gasteiger partial charge is 0.307 e. The highest BCUT2D eigenvalue weighted by Crippen LogP contribution is 2.34. The molecule has 1 rings (SSSR count). The van der Waals surface area contributed by atoms with Crippen LogP contribution in [0.15, 0.2) is 16.6 Å². The molecular formula is C10H11BrFNO3. The fourth-order valence-electron chi connectivity index (χ4n) is 1.23. The van der Waals surface area contributed by atoms with Crippen molar-refractivity contribution >= 4 is 21.9 Å². The Labute approximate surface area is 100 Å². The van der Waals surface area contributed by atoms with Crippen LogP contribution >= 0.6 is 15.9 Å². The molecule has 1 aromatic rings. The van der Waals surface area contributed by atoms with Crippen LogP contribution in [0.25, 0.3) is 0 Å². The van der Waals surface area contributed by atoms with E-state index in [1.807, 2.05) is 0 Å². The zero-order chi connectivity index (χ0) is 12.3. The molecule has 0 saturated carbocycles. The average Bonchev–Trinajstić information content (AvgIpc) is 2.25. The molecule has 4 nitrogen and oxygen atoms in total. The number of esters is 1. The van der Waals surface area contributed by atoms with E-state index in [-0.39, 0.29) is 16.6 Å². The largest absolute Gasteiger partial charge is 0.506 e. The molecule has 88 valence electrons. The molecule has 0 aliphatic heterocycles. The predicted octanol–water partition coefficient (Wildman–Crippen LogP) is 1.86. The van der Waals surface area contributed by atoms with Gasteiger partial charge in [-0.3, -0.25) is 4.79 Å². The van der Waals surface area contributed by atoms with Crippen LogP contribution in [0.1, 0.15) is 18.0 Å². The maximum atomic E-state index is 13.0.